The second-order valence-corrected chi connectivity index (χ2v) is 4.63. The normalized spacial score (nSPS) is 13.2. The van der Waals surface area contributed by atoms with Crippen molar-refractivity contribution < 1.29 is 19.1 Å². The molecular formula is C15H24O4. The molecule has 0 aliphatic heterocycles. The highest BCUT2D eigenvalue weighted by Crippen LogP contribution is 2.16. The van der Waals surface area contributed by atoms with Gasteiger partial charge in [-0.25, -0.2) is 9.59 Å². The Morgan fingerprint density at radius 2 is 1.58 bits per heavy atom. The molecule has 0 aliphatic rings. The largest absolute Gasteiger partial charge is 0.462 e. The quantitative estimate of drug-likeness (QED) is 0.451. The Bertz CT molecular complexity index is 309. The van der Waals surface area contributed by atoms with Gasteiger partial charge in [0.15, 0.2) is 0 Å². The number of carbonyl (C=O) groups is 2. The van der Waals surface area contributed by atoms with E-state index in [1.165, 1.54) is 6.08 Å². The molecule has 0 heterocycles. The predicted octanol–water partition coefficient (Wildman–Crippen LogP) is 2.89. The van der Waals surface area contributed by atoms with E-state index in [1.807, 2.05) is 6.92 Å². The minimum Gasteiger partial charge on any atom is -0.462 e. The van der Waals surface area contributed by atoms with E-state index in [0.29, 0.717) is 19.1 Å². The topological polar surface area (TPSA) is 52.6 Å². The Labute approximate surface area is 115 Å². The van der Waals surface area contributed by atoms with Crippen LogP contribution in [-0.2, 0) is 19.1 Å². The zero-order valence-electron chi connectivity index (χ0n) is 11.9. The van der Waals surface area contributed by atoms with Crippen molar-refractivity contribution in [3.05, 3.63) is 25.3 Å². The van der Waals surface area contributed by atoms with Crippen molar-refractivity contribution in [1.82, 2.24) is 0 Å². The van der Waals surface area contributed by atoms with Crippen LogP contribution in [0.5, 0.6) is 0 Å². The number of rotatable bonds is 10. The maximum Gasteiger partial charge on any atom is 0.330 e. The summed E-state index contributed by atoms with van der Waals surface area (Å²) in [6.45, 7) is 11.6. The first kappa shape index (κ1) is 17.4. The Morgan fingerprint density at radius 3 is 2.05 bits per heavy atom. The minimum absolute atomic E-state index is 0.285. The molecule has 4 heteroatoms. The van der Waals surface area contributed by atoms with Crippen molar-refractivity contribution in [1.29, 1.82) is 0 Å². The lowest BCUT2D eigenvalue weighted by atomic mass is 9.96. The first-order valence-electron chi connectivity index (χ1n) is 6.61. The molecule has 0 saturated heterocycles. The summed E-state index contributed by atoms with van der Waals surface area (Å²) in [5.41, 5.74) is 0. The molecule has 2 unspecified atom stereocenters. The molecule has 0 aromatic rings. The van der Waals surface area contributed by atoms with Gasteiger partial charge in [0.25, 0.3) is 0 Å². The second-order valence-electron chi connectivity index (χ2n) is 4.63. The average molecular weight is 268 g/mol. The first-order valence-corrected chi connectivity index (χ1v) is 6.61. The molecule has 0 radical (unpaired) electrons. The zero-order chi connectivity index (χ0) is 14.7. The van der Waals surface area contributed by atoms with Crippen LogP contribution in [0.15, 0.2) is 25.3 Å². The standard InChI is InChI=1S/C15H24O4/c1-5-13(11-19-15(17)7-3)9-8-12(4)10-18-14(16)6-2/h6-7,12-13H,2-3,5,8-11H2,1,4H3. The van der Waals surface area contributed by atoms with E-state index in [9.17, 15) is 9.59 Å². The van der Waals surface area contributed by atoms with Gasteiger partial charge in [0.1, 0.15) is 0 Å². The van der Waals surface area contributed by atoms with Crippen LogP contribution in [0, 0.1) is 11.8 Å². The summed E-state index contributed by atoms with van der Waals surface area (Å²) in [6, 6.07) is 0. The summed E-state index contributed by atoms with van der Waals surface area (Å²) in [6.07, 6.45) is 5.15. The van der Waals surface area contributed by atoms with Crippen molar-refractivity contribution in [2.45, 2.75) is 33.1 Å². The number of carbonyl (C=O) groups excluding carboxylic acids is 2. The fraction of sp³-hybridized carbons (Fsp3) is 0.600. The zero-order valence-corrected chi connectivity index (χ0v) is 11.9. The summed E-state index contributed by atoms with van der Waals surface area (Å²) < 4.78 is 10.0. The van der Waals surface area contributed by atoms with Crippen LogP contribution in [0.3, 0.4) is 0 Å². The van der Waals surface area contributed by atoms with Gasteiger partial charge in [-0.3, -0.25) is 0 Å². The Kier molecular flexibility index (Phi) is 9.49. The van der Waals surface area contributed by atoms with Crippen molar-refractivity contribution in [3.8, 4) is 0 Å². The molecule has 0 aromatic carbocycles. The molecule has 4 nitrogen and oxygen atoms in total. The van der Waals surface area contributed by atoms with Crippen molar-refractivity contribution in [3.63, 3.8) is 0 Å². The summed E-state index contributed by atoms with van der Waals surface area (Å²) in [5.74, 6) is -0.153. The highest BCUT2D eigenvalue weighted by atomic mass is 16.5. The van der Waals surface area contributed by atoms with E-state index in [-0.39, 0.29) is 17.9 Å². The SMILES string of the molecule is C=CC(=O)OCC(C)CCC(CC)COC(=O)C=C. The van der Waals surface area contributed by atoms with Crippen LogP contribution in [0.25, 0.3) is 0 Å². The van der Waals surface area contributed by atoms with E-state index in [1.54, 1.807) is 0 Å². The molecule has 0 spiro atoms. The van der Waals surface area contributed by atoms with Gasteiger partial charge in [0.2, 0.25) is 0 Å². The molecule has 0 amide bonds. The minimum atomic E-state index is -0.390. The Morgan fingerprint density at radius 1 is 1.05 bits per heavy atom. The lowest BCUT2D eigenvalue weighted by molar-refractivity contribution is -0.140. The van der Waals surface area contributed by atoms with Gasteiger partial charge in [-0.1, -0.05) is 33.4 Å². The maximum absolute atomic E-state index is 11.0. The molecule has 0 N–H and O–H groups in total. The van der Waals surface area contributed by atoms with Gasteiger partial charge >= 0.3 is 11.9 Å². The van der Waals surface area contributed by atoms with Crippen LogP contribution in [0.4, 0.5) is 0 Å². The monoisotopic (exact) mass is 268 g/mol. The fourth-order valence-electron chi connectivity index (χ4n) is 1.55. The van der Waals surface area contributed by atoms with Gasteiger partial charge < -0.3 is 9.47 Å². The van der Waals surface area contributed by atoms with Crippen LogP contribution < -0.4 is 0 Å². The number of hydrogen-bond acceptors (Lipinski definition) is 4. The molecule has 0 rings (SSSR count). The molecule has 19 heavy (non-hydrogen) atoms. The Balaban J connectivity index is 3.86. The predicted molar refractivity (Wildman–Crippen MR) is 74.5 cm³/mol. The lowest BCUT2D eigenvalue weighted by Gasteiger charge is -2.17. The van der Waals surface area contributed by atoms with Crippen LogP contribution in [0.1, 0.15) is 33.1 Å². The molecular weight excluding hydrogens is 244 g/mol. The van der Waals surface area contributed by atoms with Gasteiger partial charge in [-0.15, -0.1) is 0 Å². The van der Waals surface area contributed by atoms with Crippen LogP contribution in [0.2, 0.25) is 0 Å². The fourth-order valence-corrected chi connectivity index (χ4v) is 1.55. The summed E-state index contributed by atoms with van der Waals surface area (Å²) in [5, 5.41) is 0. The summed E-state index contributed by atoms with van der Waals surface area (Å²) >= 11 is 0. The molecule has 0 aromatic heterocycles. The second kappa shape index (κ2) is 10.4. The molecule has 0 aliphatic carbocycles. The van der Waals surface area contributed by atoms with Gasteiger partial charge in [0.05, 0.1) is 13.2 Å². The summed E-state index contributed by atoms with van der Waals surface area (Å²) in [4.78, 5) is 21.9. The number of ether oxygens (including phenoxy) is 2. The van der Waals surface area contributed by atoms with Crippen LogP contribution >= 0.6 is 0 Å². The molecule has 0 bridgehead atoms. The van der Waals surface area contributed by atoms with Crippen molar-refractivity contribution >= 4 is 11.9 Å². The van der Waals surface area contributed by atoms with Gasteiger partial charge in [-0.2, -0.15) is 0 Å². The van der Waals surface area contributed by atoms with Gasteiger partial charge in [0, 0.05) is 12.2 Å². The molecule has 2 atom stereocenters. The Hall–Kier alpha value is -1.58. The third kappa shape index (κ3) is 9.05. The lowest BCUT2D eigenvalue weighted by Crippen LogP contribution is -2.15. The first-order chi connectivity index (χ1) is 9.03. The van der Waals surface area contributed by atoms with Crippen molar-refractivity contribution in [2.24, 2.45) is 11.8 Å². The maximum atomic E-state index is 11.0. The average Bonchev–Trinajstić information content (AvgIpc) is 2.44. The number of hydrogen-bond donors (Lipinski definition) is 0. The highest BCUT2D eigenvalue weighted by molar-refractivity contribution is 5.81. The van der Waals surface area contributed by atoms with E-state index in [2.05, 4.69) is 20.1 Å². The van der Waals surface area contributed by atoms with E-state index >= 15 is 0 Å². The van der Waals surface area contributed by atoms with Gasteiger partial charge in [-0.05, 0) is 24.7 Å². The van der Waals surface area contributed by atoms with Crippen molar-refractivity contribution in [2.75, 3.05) is 13.2 Å². The molecule has 0 saturated carbocycles. The third-order valence-electron chi connectivity index (χ3n) is 2.95. The van der Waals surface area contributed by atoms with E-state index in [0.717, 1.165) is 25.3 Å². The highest BCUT2D eigenvalue weighted by Gasteiger charge is 2.12. The third-order valence-corrected chi connectivity index (χ3v) is 2.95. The van der Waals surface area contributed by atoms with Crippen LogP contribution in [-0.4, -0.2) is 25.2 Å². The van der Waals surface area contributed by atoms with E-state index < -0.39 is 0 Å². The molecule has 108 valence electrons. The van der Waals surface area contributed by atoms with E-state index in [4.69, 9.17) is 9.47 Å². The smallest absolute Gasteiger partial charge is 0.330 e. The number of esters is 2. The summed E-state index contributed by atoms with van der Waals surface area (Å²) in [7, 11) is 0. The molecule has 0 fully saturated rings.